The number of nitrogens with zero attached hydrogens (tertiary/aromatic N) is 3. The molecular weight excluding hydrogens is 389 g/mol. The van der Waals surface area contributed by atoms with E-state index < -0.39 is 0 Å². The maximum absolute atomic E-state index is 12.9. The highest BCUT2D eigenvalue weighted by Gasteiger charge is 2.21. The molecule has 1 aromatic carbocycles. The van der Waals surface area contributed by atoms with Crippen LogP contribution in [0, 0.1) is 11.7 Å². The normalized spacial score (nSPS) is 15.3. The highest BCUT2D eigenvalue weighted by atomic mass is 35.5. The molecule has 27 heavy (non-hydrogen) atoms. The number of rotatable bonds is 7. The molecule has 148 valence electrons. The second-order valence-electron chi connectivity index (χ2n) is 6.57. The summed E-state index contributed by atoms with van der Waals surface area (Å²) in [5, 5.41) is 15.3. The first-order valence-electron chi connectivity index (χ1n) is 8.90. The van der Waals surface area contributed by atoms with Gasteiger partial charge in [0.05, 0.1) is 6.54 Å². The molecular formula is C18H25ClFN5OS. The van der Waals surface area contributed by atoms with E-state index in [9.17, 15) is 9.18 Å². The molecule has 0 unspecified atom stereocenters. The second kappa shape index (κ2) is 10.7. The standard InChI is InChI=1S/C18H24FN5OS.ClH/c1-20-9-6-13-7-10-24(11-8-13)12-16-22-23-18(26-16)17(25)21-15-4-2-14(19)3-5-15;/h2-5,13,20H,6-12H2,1H3,(H,21,25);1H. The van der Waals surface area contributed by atoms with Crippen molar-refractivity contribution >= 4 is 35.3 Å². The van der Waals surface area contributed by atoms with Crippen molar-refractivity contribution in [2.45, 2.75) is 25.8 Å². The summed E-state index contributed by atoms with van der Waals surface area (Å²) in [6.45, 7) is 3.93. The van der Waals surface area contributed by atoms with Gasteiger partial charge >= 0.3 is 0 Å². The topological polar surface area (TPSA) is 70.1 Å². The van der Waals surface area contributed by atoms with Crippen molar-refractivity contribution in [3.63, 3.8) is 0 Å². The predicted molar refractivity (Wildman–Crippen MR) is 108 cm³/mol. The summed E-state index contributed by atoms with van der Waals surface area (Å²) in [6, 6.07) is 5.66. The third kappa shape index (κ3) is 6.49. The number of carbonyl (C=O) groups excluding carboxylic acids is 1. The van der Waals surface area contributed by atoms with Crippen LogP contribution in [-0.2, 0) is 6.54 Å². The fourth-order valence-electron chi connectivity index (χ4n) is 3.10. The van der Waals surface area contributed by atoms with Gasteiger partial charge in [0.15, 0.2) is 0 Å². The number of anilines is 1. The Morgan fingerprint density at radius 1 is 1.26 bits per heavy atom. The number of halogens is 2. The van der Waals surface area contributed by atoms with Gasteiger partial charge in [-0.1, -0.05) is 11.3 Å². The second-order valence-corrected chi connectivity index (χ2v) is 7.64. The molecule has 2 heterocycles. The van der Waals surface area contributed by atoms with Crippen molar-refractivity contribution in [1.29, 1.82) is 0 Å². The van der Waals surface area contributed by atoms with Crippen LogP contribution in [0.4, 0.5) is 10.1 Å². The lowest BCUT2D eigenvalue weighted by Gasteiger charge is -2.31. The number of hydrogen-bond donors (Lipinski definition) is 2. The minimum absolute atomic E-state index is 0. The first-order valence-corrected chi connectivity index (χ1v) is 9.72. The van der Waals surface area contributed by atoms with E-state index in [1.165, 1.54) is 54.9 Å². The van der Waals surface area contributed by atoms with Gasteiger partial charge in [-0.15, -0.1) is 22.6 Å². The van der Waals surface area contributed by atoms with Gasteiger partial charge in [-0.25, -0.2) is 4.39 Å². The quantitative estimate of drug-likeness (QED) is 0.729. The molecule has 3 rings (SSSR count). The third-order valence-corrected chi connectivity index (χ3v) is 5.54. The zero-order valence-corrected chi connectivity index (χ0v) is 16.9. The Labute approximate surface area is 169 Å². The van der Waals surface area contributed by atoms with Crippen LogP contribution in [-0.4, -0.2) is 47.7 Å². The van der Waals surface area contributed by atoms with Crippen LogP contribution >= 0.6 is 23.7 Å². The molecule has 1 amide bonds. The average molecular weight is 414 g/mol. The lowest BCUT2D eigenvalue weighted by Crippen LogP contribution is -2.34. The Hall–Kier alpha value is -1.61. The van der Waals surface area contributed by atoms with E-state index in [4.69, 9.17) is 0 Å². The van der Waals surface area contributed by atoms with Gasteiger partial charge in [-0.05, 0) is 76.1 Å². The van der Waals surface area contributed by atoms with Gasteiger partial charge in [-0.2, -0.15) is 0 Å². The van der Waals surface area contributed by atoms with Crippen molar-refractivity contribution < 1.29 is 9.18 Å². The van der Waals surface area contributed by atoms with Crippen molar-refractivity contribution in [3.05, 3.63) is 40.1 Å². The fourth-order valence-corrected chi connectivity index (χ4v) is 3.88. The number of aromatic nitrogens is 2. The molecule has 1 aliphatic heterocycles. The highest BCUT2D eigenvalue weighted by molar-refractivity contribution is 7.13. The predicted octanol–water partition coefficient (Wildman–Crippen LogP) is 3.17. The Balaban J connectivity index is 0.00000261. The molecule has 1 aromatic heterocycles. The molecule has 9 heteroatoms. The number of benzene rings is 1. The summed E-state index contributed by atoms with van der Waals surface area (Å²) in [6.07, 6.45) is 3.65. The minimum atomic E-state index is -0.337. The SMILES string of the molecule is CNCCC1CCN(Cc2nnc(C(=O)Nc3ccc(F)cc3)s2)CC1.Cl. The summed E-state index contributed by atoms with van der Waals surface area (Å²) in [4.78, 5) is 14.6. The summed E-state index contributed by atoms with van der Waals surface area (Å²) in [5.74, 6) is 0.146. The molecule has 0 bridgehead atoms. The monoisotopic (exact) mass is 413 g/mol. The van der Waals surface area contributed by atoms with Crippen LogP contribution < -0.4 is 10.6 Å². The van der Waals surface area contributed by atoms with Crippen LogP contribution in [0.3, 0.4) is 0 Å². The number of amides is 1. The maximum Gasteiger partial charge on any atom is 0.286 e. The third-order valence-electron chi connectivity index (χ3n) is 4.63. The minimum Gasteiger partial charge on any atom is -0.320 e. The van der Waals surface area contributed by atoms with E-state index >= 15 is 0 Å². The zero-order valence-electron chi connectivity index (χ0n) is 15.3. The van der Waals surface area contributed by atoms with Gasteiger partial charge in [0.1, 0.15) is 10.8 Å². The van der Waals surface area contributed by atoms with Crippen LogP contribution in [0.5, 0.6) is 0 Å². The lowest BCUT2D eigenvalue weighted by atomic mass is 9.93. The van der Waals surface area contributed by atoms with Gasteiger partial charge in [0.25, 0.3) is 5.91 Å². The molecule has 0 radical (unpaired) electrons. The highest BCUT2D eigenvalue weighted by Crippen LogP contribution is 2.22. The molecule has 1 fully saturated rings. The van der Waals surface area contributed by atoms with E-state index in [1.54, 1.807) is 0 Å². The van der Waals surface area contributed by atoms with E-state index in [-0.39, 0.29) is 24.1 Å². The molecule has 6 nitrogen and oxygen atoms in total. The van der Waals surface area contributed by atoms with E-state index in [0.717, 1.165) is 37.1 Å². The Kier molecular flexibility index (Phi) is 8.56. The molecule has 0 aliphatic carbocycles. The molecule has 2 N–H and O–H groups in total. The van der Waals surface area contributed by atoms with Gasteiger partial charge in [0.2, 0.25) is 5.01 Å². The van der Waals surface area contributed by atoms with E-state index in [0.29, 0.717) is 10.7 Å². The smallest absolute Gasteiger partial charge is 0.286 e. The van der Waals surface area contributed by atoms with E-state index in [2.05, 4.69) is 25.7 Å². The summed E-state index contributed by atoms with van der Waals surface area (Å²) < 4.78 is 12.9. The average Bonchev–Trinajstić information content (AvgIpc) is 3.12. The Bertz CT molecular complexity index is 719. The number of piperidine rings is 1. The number of hydrogen-bond acceptors (Lipinski definition) is 6. The van der Waals surface area contributed by atoms with Crippen LogP contribution in [0.15, 0.2) is 24.3 Å². The molecule has 0 spiro atoms. The van der Waals surface area contributed by atoms with Gasteiger partial charge < -0.3 is 10.6 Å². The fraction of sp³-hybridized carbons (Fsp3) is 0.500. The molecule has 2 aromatic rings. The van der Waals surface area contributed by atoms with Crippen molar-refractivity contribution in [2.75, 3.05) is 32.0 Å². The van der Waals surface area contributed by atoms with Crippen molar-refractivity contribution in [3.8, 4) is 0 Å². The van der Waals surface area contributed by atoms with Crippen molar-refractivity contribution in [2.24, 2.45) is 5.92 Å². The largest absolute Gasteiger partial charge is 0.320 e. The van der Waals surface area contributed by atoms with Crippen LogP contribution in [0.1, 0.15) is 34.1 Å². The van der Waals surface area contributed by atoms with Crippen molar-refractivity contribution in [1.82, 2.24) is 20.4 Å². The molecule has 1 aliphatic rings. The zero-order chi connectivity index (χ0) is 18.4. The van der Waals surface area contributed by atoms with Gasteiger partial charge in [0, 0.05) is 5.69 Å². The number of nitrogens with one attached hydrogen (secondary N) is 2. The first kappa shape index (κ1) is 21.7. The summed E-state index contributed by atoms with van der Waals surface area (Å²) in [7, 11) is 1.99. The number of carbonyl (C=O) groups is 1. The molecule has 1 saturated heterocycles. The lowest BCUT2D eigenvalue weighted by molar-refractivity contribution is 0.102. The maximum atomic E-state index is 12.9. The Morgan fingerprint density at radius 3 is 2.63 bits per heavy atom. The molecule has 0 saturated carbocycles. The van der Waals surface area contributed by atoms with E-state index in [1.807, 2.05) is 7.05 Å². The molecule has 0 atom stereocenters. The summed E-state index contributed by atoms with van der Waals surface area (Å²) >= 11 is 1.31. The van der Waals surface area contributed by atoms with Crippen LogP contribution in [0.25, 0.3) is 0 Å². The van der Waals surface area contributed by atoms with Gasteiger partial charge in [-0.3, -0.25) is 9.69 Å². The Morgan fingerprint density at radius 2 is 1.96 bits per heavy atom. The first-order chi connectivity index (χ1) is 12.6. The van der Waals surface area contributed by atoms with Crippen LogP contribution in [0.2, 0.25) is 0 Å². The number of likely N-dealkylation sites (tertiary alicyclic amines) is 1. The summed E-state index contributed by atoms with van der Waals surface area (Å²) in [5.41, 5.74) is 0.539.